The van der Waals surface area contributed by atoms with Crippen LogP contribution in [0.4, 0.5) is 10.6 Å². The number of carbonyl (C=O) groups is 2. The van der Waals surface area contributed by atoms with Crippen molar-refractivity contribution in [3.63, 3.8) is 0 Å². The maximum absolute atomic E-state index is 13.6. The number of thiophene rings is 1. The number of ketones is 1. The fourth-order valence-electron chi connectivity index (χ4n) is 4.72. The van der Waals surface area contributed by atoms with Crippen molar-refractivity contribution in [2.75, 3.05) is 18.5 Å². The Bertz CT molecular complexity index is 1360. The summed E-state index contributed by atoms with van der Waals surface area (Å²) in [6.07, 6.45) is 5.49. The molecule has 0 bridgehead atoms. The van der Waals surface area contributed by atoms with Gasteiger partial charge < -0.3 is 10.1 Å². The van der Waals surface area contributed by atoms with E-state index in [0.29, 0.717) is 55.7 Å². The molecule has 1 aliphatic carbocycles. The van der Waals surface area contributed by atoms with Gasteiger partial charge in [0.05, 0.1) is 33.7 Å². The molecule has 3 aromatic rings. The van der Waals surface area contributed by atoms with Crippen molar-refractivity contribution in [3.8, 4) is 0 Å². The molecule has 11 nitrogen and oxygen atoms in total. The van der Waals surface area contributed by atoms with Crippen molar-refractivity contribution in [2.45, 2.75) is 37.8 Å². The van der Waals surface area contributed by atoms with Crippen molar-refractivity contribution in [1.29, 1.82) is 0 Å². The molecular formula is C24H23Cl2N5O6S2. The largest absolute Gasteiger partial charge is 0.428 e. The van der Waals surface area contributed by atoms with Gasteiger partial charge in [-0.2, -0.15) is 4.89 Å². The molecule has 1 saturated carbocycles. The molecule has 3 unspecified atom stereocenters. The smallest absolute Gasteiger partial charge is 0.367 e. The van der Waals surface area contributed by atoms with Gasteiger partial charge in [-0.3, -0.25) is 9.68 Å². The number of halogens is 2. The van der Waals surface area contributed by atoms with Crippen molar-refractivity contribution < 1.29 is 28.4 Å². The van der Waals surface area contributed by atoms with E-state index in [1.54, 1.807) is 12.1 Å². The Morgan fingerprint density at radius 3 is 3.00 bits per heavy atom. The van der Waals surface area contributed by atoms with E-state index in [-0.39, 0.29) is 24.3 Å². The number of hydrogen-bond donors (Lipinski definition) is 2. The average Bonchev–Trinajstić information content (AvgIpc) is 3.54. The van der Waals surface area contributed by atoms with Gasteiger partial charge in [0.15, 0.2) is 0 Å². The molecule has 3 atom stereocenters. The van der Waals surface area contributed by atoms with Crippen LogP contribution in [-0.4, -0.2) is 45.3 Å². The Morgan fingerprint density at radius 1 is 1.28 bits per heavy atom. The Hall–Kier alpha value is -2.36. The molecule has 0 aromatic carbocycles. The minimum absolute atomic E-state index is 0.0444. The molecule has 0 saturated heterocycles. The molecule has 5 rings (SSSR count). The third-order valence-corrected chi connectivity index (χ3v) is 8.39. The topological polar surface area (TPSA) is 148 Å². The van der Waals surface area contributed by atoms with Crippen molar-refractivity contribution >= 4 is 63.5 Å². The molecule has 3 aromatic heterocycles. The number of aromatic nitrogens is 3. The second-order valence-electron chi connectivity index (χ2n) is 8.95. The van der Waals surface area contributed by atoms with E-state index in [2.05, 4.69) is 29.4 Å². The van der Waals surface area contributed by atoms with E-state index >= 15 is 0 Å². The summed E-state index contributed by atoms with van der Waals surface area (Å²) in [5, 5.41) is 2.94. The Labute approximate surface area is 241 Å². The molecule has 0 spiro atoms. The van der Waals surface area contributed by atoms with Crippen molar-refractivity contribution in [1.82, 2.24) is 15.0 Å². The zero-order valence-corrected chi connectivity index (χ0v) is 23.4. The van der Waals surface area contributed by atoms with Gasteiger partial charge >= 0.3 is 5.30 Å². The van der Waals surface area contributed by atoms with Crippen LogP contribution in [-0.2, 0) is 25.2 Å². The summed E-state index contributed by atoms with van der Waals surface area (Å²) in [5.74, 6) is 5.13. The molecule has 1 aliphatic heterocycles. The van der Waals surface area contributed by atoms with E-state index < -0.39 is 11.4 Å². The number of carbonyl (C=O) groups excluding carboxylic acids is 2. The fraction of sp³-hybridized carbons (Fsp3) is 0.375. The van der Waals surface area contributed by atoms with Crippen LogP contribution in [0.5, 0.6) is 0 Å². The zero-order valence-electron chi connectivity index (χ0n) is 20.3. The summed E-state index contributed by atoms with van der Waals surface area (Å²) in [5.41, 5.74) is 2.75. The number of hydrogen-bond acceptors (Lipinski definition) is 13. The van der Waals surface area contributed by atoms with E-state index in [1.807, 2.05) is 6.07 Å². The van der Waals surface area contributed by atoms with Crippen LogP contribution >= 0.6 is 46.6 Å². The first-order valence-corrected chi connectivity index (χ1v) is 14.3. The number of nitrogens with one attached hydrogen (secondary N) is 1. The summed E-state index contributed by atoms with van der Waals surface area (Å²) >= 11 is 14.3. The van der Waals surface area contributed by atoms with Crippen LogP contribution in [0.2, 0.25) is 9.49 Å². The second kappa shape index (κ2) is 12.9. The maximum Gasteiger partial charge on any atom is 0.428 e. The summed E-state index contributed by atoms with van der Waals surface area (Å²) in [6.45, 7) is 0.738. The van der Waals surface area contributed by atoms with Gasteiger partial charge in [0.2, 0.25) is 5.78 Å². The second-order valence-corrected chi connectivity index (χ2v) is 11.7. The highest BCUT2D eigenvalue weighted by molar-refractivity contribution is 8.09. The van der Waals surface area contributed by atoms with E-state index in [9.17, 15) is 9.59 Å². The molecule has 4 heterocycles. The van der Waals surface area contributed by atoms with Crippen LogP contribution in [0, 0.1) is 5.92 Å². The normalized spacial score (nSPS) is 20.4. The molecule has 39 heavy (non-hydrogen) atoms. The van der Waals surface area contributed by atoms with Gasteiger partial charge in [-0.1, -0.05) is 29.3 Å². The van der Waals surface area contributed by atoms with Gasteiger partial charge in [0, 0.05) is 17.8 Å². The maximum atomic E-state index is 13.6. The minimum atomic E-state index is -0.787. The predicted molar refractivity (Wildman–Crippen MR) is 146 cm³/mol. The third kappa shape index (κ3) is 6.69. The Kier molecular flexibility index (Phi) is 9.30. The third-order valence-electron chi connectivity index (χ3n) is 6.49. The molecule has 206 valence electrons. The van der Waals surface area contributed by atoms with Crippen LogP contribution < -0.4 is 11.2 Å². The van der Waals surface area contributed by atoms with E-state index in [1.165, 1.54) is 23.9 Å². The number of rotatable bonds is 9. The van der Waals surface area contributed by atoms with Crippen LogP contribution in [0.25, 0.3) is 0 Å². The lowest BCUT2D eigenvalue weighted by Gasteiger charge is -2.25. The molecule has 0 radical (unpaired) electrons. The van der Waals surface area contributed by atoms with Crippen molar-refractivity contribution in [2.24, 2.45) is 11.8 Å². The molecule has 15 heteroatoms. The van der Waals surface area contributed by atoms with Gasteiger partial charge in [-0.05, 0) is 49.3 Å². The first kappa shape index (κ1) is 28.2. The van der Waals surface area contributed by atoms with Crippen LogP contribution in [0.15, 0.2) is 30.7 Å². The Morgan fingerprint density at radius 2 is 2.15 bits per heavy atom. The standard InChI is InChI=1S/C24H23Cl2N5O6S2/c25-18-4-2-13-5-6-34-21(19(13)31-18)15-8-17(38-22(15)26)20(32)16-9-28-11-29-23(16)30-14-3-1-12(7-14)10-35-36-24(33)39-37-27/h2,4,8-9,11-12,14,21H,1,3,5-7,10,27H2,(H,28,29,30). The number of anilines is 1. The molecule has 1 fully saturated rings. The average molecular weight is 613 g/mol. The number of fused-ring (bicyclic) bond motifs is 1. The summed E-state index contributed by atoms with van der Waals surface area (Å²) in [4.78, 5) is 47.7. The van der Waals surface area contributed by atoms with Gasteiger partial charge in [0.1, 0.15) is 35.4 Å². The highest BCUT2D eigenvalue weighted by Gasteiger charge is 2.31. The van der Waals surface area contributed by atoms with Gasteiger partial charge in [0.25, 0.3) is 0 Å². The number of nitrogens with zero attached hydrogens (tertiary/aromatic N) is 3. The van der Waals surface area contributed by atoms with Gasteiger partial charge in [-0.15, -0.1) is 11.3 Å². The van der Waals surface area contributed by atoms with Crippen LogP contribution in [0.3, 0.4) is 0 Å². The highest BCUT2D eigenvalue weighted by Crippen LogP contribution is 2.41. The fourth-order valence-corrected chi connectivity index (χ4v) is 6.30. The molecule has 3 N–H and O–H groups in total. The Balaban J connectivity index is 1.27. The lowest BCUT2D eigenvalue weighted by molar-refractivity contribution is -0.238. The zero-order chi connectivity index (χ0) is 27.4. The number of nitrogens with two attached hydrogens (primary N) is 1. The molecule has 0 amide bonds. The van der Waals surface area contributed by atoms with Crippen LogP contribution in [0.1, 0.15) is 57.4 Å². The number of ether oxygens (including phenoxy) is 1. The summed E-state index contributed by atoms with van der Waals surface area (Å²) < 4.78 is 10.6. The van der Waals surface area contributed by atoms with Gasteiger partial charge in [-0.25, -0.2) is 29.9 Å². The first-order valence-electron chi connectivity index (χ1n) is 12.0. The van der Waals surface area contributed by atoms with E-state index in [0.717, 1.165) is 31.2 Å². The lowest BCUT2D eigenvalue weighted by Crippen LogP contribution is -2.20. The minimum Gasteiger partial charge on any atom is -0.367 e. The first-order chi connectivity index (χ1) is 18.9. The van der Waals surface area contributed by atoms with E-state index in [4.69, 9.17) is 38.7 Å². The molecule has 2 aliphatic rings. The monoisotopic (exact) mass is 611 g/mol. The lowest BCUT2D eigenvalue weighted by atomic mass is 9.99. The SMILES string of the molecule is NOSC(=O)OOCC1CCC(Nc2ncncc2C(=O)c2cc(C3OCCc4ccc(Cl)nc43)c(Cl)s2)C1. The number of pyridine rings is 1. The van der Waals surface area contributed by atoms with Crippen molar-refractivity contribution in [3.05, 3.63) is 67.5 Å². The summed E-state index contributed by atoms with van der Waals surface area (Å²) in [7, 11) is 0. The quantitative estimate of drug-likeness (QED) is 0.106. The predicted octanol–water partition coefficient (Wildman–Crippen LogP) is 5.32. The highest BCUT2D eigenvalue weighted by atomic mass is 35.5. The molecular weight excluding hydrogens is 589 g/mol. The summed E-state index contributed by atoms with van der Waals surface area (Å²) in [6, 6.07) is 5.48.